The van der Waals surface area contributed by atoms with Crippen molar-refractivity contribution in [3.8, 4) is 0 Å². The Bertz CT molecular complexity index is 987. The summed E-state index contributed by atoms with van der Waals surface area (Å²) in [7, 11) is 0. The Morgan fingerprint density at radius 3 is 2.61 bits per heavy atom. The van der Waals surface area contributed by atoms with Crippen LogP contribution in [0.2, 0.25) is 5.02 Å². The fraction of sp³-hybridized carbons (Fsp3) is 0.222. The van der Waals surface area contributed by atoms with Crippen LogP contribution in [0.3, 0.4) is 0 Å². The minimum Gasteiger partial charge on any atom is -0.390 e. The number of hydrogen-bond donors (Lipinski definition) is 4. The van der Waals surface area contributed by atoms with Crippen molar-refractivity contribution in [2.24, 2.45) is 5.16 Å². The largest absolute Gasteiger partial charge is 0.417 e. The number of amides is 3. The summed E-state index contributed by atoms with van der Waals surface area (Å²) < 4.78 is 37.9. The maximum Gasteiger partial charge on any atom is 0.417 e. The van der Waals surface area contributed by atoms with Gasteiger partial charge in [-0.05, 0) is 18.2 Å². The quantitative estimate of drug-likeness (QED) is 0.516. The van der Waals surface area contributed by atoms with Gasteiger partial charge >= 0.3 is 12.2 Å². The Morgan fingerprint density at radius 2 is 1.94 bits per heavy atom. The second kappa shape index (κ2) is 9.51. The van der Waals surface area contributed by atoms with E-state index in [1.807, 2.05) is 0 Å². The Hall–Kier alpha value is -3.54. The molecule has 1 aromatic heterocycles. The minimum absolute atomic E-state index is 0.0262. The Balaban J connectivity index is 1.42. The van der Waals surface area contributed by atoms with Crippen molar-refractivity contribution in [2.75, 3.05) is 17.2 Å². The molecule has 9 nitrogen and oxygen atoms in total. The highest BCUT2D eigenvalue weighted by molar-refractivity contribution is 6.39. The number of halogens is 4. The predicted molar refractivity (Wildman–Crippen MR) is 106 cm³/mol. The van der Waals surface area contributed by atoms with Crippen LogP contribution in [-0.4, -0.2) is 35.3 Å². The number of aromatic nitrogens is 1. The fourth-order valence-electron chi connectivity index (χ4n) is 2.47. The van der Waals surface area contributed by atoms with E-state index < -0.39 is 29.8 Å². The second-order valence-electron chi connectivity index (χ2n) is 6.30. The number of alkyl halides is 3. The van der Waals surface area contributed by atoms with Gasteiger partial charge in [-0.2, -0.15) is 13.2 Å². The van der Waals surface area contributed by atoms with E-state index in [1.54, 1.807) is 30.3 Å². The van der Waals surface area contributed by atoms with Crippen LogP contribution in [0.1, 0.15) is 12.0 Å². The van der Waals surface area contributed by atoms with Gasteiger partial charge in [0.25, 0.3) is 5.91 Å². The van der Waals surface area contributed by atoms with Crippen molar-refractivity contribution in [3.05, 3.63) is 53.2 Å². The maximum absolute atomic E-state index is 12.6. The predicted octanol–water partition coefficient (Wildman–Crippen LogP) is 3.16. The lowest BCUT2D eigenvalue weighted by molar-refractivity contribution is -0.137. The van der Waals surface area contributed by atoms with Crippen LogP contribution < -0.4 is 21.5 Å². The molecule has 3 rings (SSSR count). The summed E-state index contributed by atoms with van der Waals surface area (Å²) in [6.07, 6.45) is -4.38. The minimum atomic E-state index is -4.55. The number of nitrogens with one attached hydrogen (secondary N) is 4. The first-order valence-electron chi connectivity index (χ1n) is 8.84. The summed E-state index contributed by atoms with van der Waals surface area (Å²) in [6, 6.07) is 8.71. The van der Waals surface area contributed by atoms with E-state index in [4.69, 9.17) is 16.4 Å². The van der Waals surface area contributed by atoms with E-state index in [1.165, 1.54) is 0 Å². The lowest BCUT2D eigenvalue weighted by Gasteiger charge is -2.13. The number of hydrazine groups is 1. The normalized spacial score (nSPS) is 15.5. The van der Waals surface area contributed by atoms with Crippen molar-refractivity contribution in [1.29, 1.82) is 0 Å². The van der Waals surface area contributed by atoms with E-state index >= 15 is 0 Å². The van der Waals surface area contributed by atoms with Gasteiger partial charge in [0.1, 0.15) is 11.5 Å². The molecule has 2 heterocycles. The monoisotopic (exact) mass is 456 g/mol. The van der Waals surface area contributed by atoms with Gasteiger partial charge < -0.3 is 15.5 Å². The SMILES string of the molecule is O=C(NNC(=O)C1=NO[C@H](CNc2ncc(C(F)(F)F)cc2Cl)C1)Nc1ccccc1. The molecule has 13 heteroatoms. The number of hydrogen-bond acceptors (Lipinski definition) is 6. The first-order valence-corrected chi connectivity index (χ1v) is 9.22. The molecule has 1 aliphatic heterocycles. The number of carbonyl (C=O) groups is 2. The number of oxime groups is 1. The molecule has 0 bridgehead atoms. The Labute approximate surface area is 179 Å². The summed E-state index contributed by atoms with van der Waals surface area (Å²) in [6.45, 7) is 0.0836. The number of anilines is 2. The highest BCUT2D eigenvalue weighted by Crippen LogP contribution is 2.32. The molecule has 0 aliphatic carbocycles. The van der Waals surface area contributed by atoms with E-state index in [-0.39, 0.29) is 29.5 Å². The number of rotatable bonds is 5. The molecule has 4 N–H and O–H groups in total. The molecule has 164 valence electrons. The van der Waals surface area contributed by atoms with Gasteiger partial charge in [-0.1, -0.05) is 35.0 Å². The topological polar surface area (TPSA) is 117 Å². The molecule has 2 aromatic rings. The van der Waals surface area contributed by atoms with Gasteiger partial charge in [0.2, 0.25) is 0 Å². The third kappa shape index (κ3) is 6.22. The van der Waals surface area contributed by atoms with Crippen LogP contribution in [0.4, 0.5) is 29.5 Å². The summed E-state index contributed by atoms with van der Waals surface area (Å²) in [5.41, 5.74) is 3.98. The number of pyridine rings is 1. The Morgan fingerprint density at radius 1 is 1.19 bits per heavy atom. The number of urea groups is 1. The van der Waals surface area contributed by atoms with Gasteiger partial charge in [-0.15, -0.1) is 0 Å². The molecule has 3 amide bonds. The molecular formula is C18H16ClF3N6O3. The number of para-hydroxylation sites is 1. The van der Waals surface area contributed by atoms with Crippen molar-refractivity contribution >= 4 is 40.8 Å². The van der Waals surface area contributed by atoms with Crippen molar-refractivity contribution < 1.29 is 27.6 Å². The van der Waals surface area contributed by atoms with Gasteiger partial charge in [0.05, 0.1) is 17.1 Å². The molecule has 31 heavy (non-hydrogen) atoms. The summed E-state index contributed by atoms with van der Waals surface area (Å²) in [5.74, 6) is -0.633. The van der Waals surface area contributed by atoms with Gasteiger partial charge in [0.15, 0.2) is 6.10 Å². The van der Waals surface area contributed by atoms with Crippen LogP contribution in [0.5, 0.6) is 0 Å². The molecule has 1 aromatic carbocycles. The van der Waals surface area contributed by atoms with E-state index in [0.29, 0.717) is 11.9 Å². The van der Waals surface area contributed by atoms with Crippen LogP contribution in [0, 0.1) is 0 Å². The standard InChI is InChI=1S/C18H16ClF3N6O3/c19-13-6-10(18(20,21)22)8-23-15(13)24-9-12-7-14(28-31-12)16(29)26-27-17(30)25-11-4-2-1-3-5-11/h1-6,8,12H,7,9H2,(H,23,24)(H,26,29)(H2,25,27,30)/t12-/m0/s1. The van der Waals surface area contributed by atoms with Gasteiger partial charge in [-0.25, -0.2) is 15.2 Å². The molecule has 1 atom stereocenters. The van der Waals surface area contributed by atoms with E-state index in [0.717, 1.165) is 6.07 Å². The van der Waals surface area contributed by atoms with E-state index in [2.05, 4.69) is 31.6 Å². The highest BCUT2D eigenvalue weighted by Gasteiger charge is 2.32. The first-order chi connectivity index (χ1) is 14.7. The zero-order valence-electron chi connectivity index (χ0n) is 15.7. The molecule has 0 saturated carbocycles. The van der Waals surface area contributed by atoms with Crippen LogP contribution >= 0.6 is 11.6 Å². The van der Waals surface area contributed by atoms with Crippen molar-refractivity contribution in [2.45, 2.75) is 18.7 Å². The lowest BCUT2D eigenvalue weighted by Crippen LogP contribution is -2.46. The fourth-order valence-corrected chi connectivity index (χ4v) is 2.71. The van der Waals surface area contributed by atoms with Crippen LogP contribution in [0.25, 0.3) is 0 Å². The number of benzene rings is 1. The zero-order chi connectivity index (χ0) is 22.4. The van der Waals surface area contributed by atoms with Crippen molar-refractivity contribution in [1.82, 2.24) is 15.8 Å². The third-order valence-electron chi connectivity index (χ3n) is 3.98. The second-order valence-corrected chi connectivity index (χ2v) is 6.71. The van der Waals surface area contributed by atoms with E-state index in [9.17, 15) is 22.8 Å². The summed E-state index contributed by atoms with van der Waals surface area (Å²) in [4.78, 5) is 32.6. The maximum atomic E-state index is 12.6. The highest BCUT2D eigenvalue weighted by atomic mass is 35.5. The number of carbonyl (C=O) groups excluding carboxylic acids is 2. The lowest BCUT2D eigenvalue weighted by atomic mass is 10.1. The third-order valence-corrected chi connectivity index (χ3v) is 4.27. The molecule has 0 fully saturated rings. The molecule has 0 saturated heterocycles. The molecule has 0 radical (unpaired) electrons. The van der Waals surface area contributed by atoms with Crippen LogP contribution in [0.15, 0.2) is 47.8 Å². The molecule has 1 aliphatic rings. The zero-order valence-corrected chi connectivity index (χ0v) is 16.4. The first kappa shape index (κ1) is 22.2. The average Bonchev–Trinajstić information content (AvgIpc) is 3.20. The van der Waals surface area contributed by atoms with Crippen molar-refractivity contribution in [3.63, 3.8) is 0 Å². The summed E-state index contributed by atoms with van der Waals surface area (Å²) >= 11 is 5.82. The summed E-state index contributed by atoms with van der Waals surface area (Å²) in [5, 5.41) is 8.71. The smallest absolute Gasteiger partial charge is 0.390 e. The molecule has 0 spiro atoms. The molecule has 0 unspecified atom stereocenters. The Kier molecular flexibility index (Phi) is 6.80. The van der Waals surface area contributed by atoms with Gasteiger partial charge in [0, 0.05) is 18.3 Å². The number of nitrogens with zero attached hydrogens (tertiary/aromatic N) is 2. The van der Waals surface area contributed by atoms with Gasteiger partial charge in [-0.3, -0.25) is 10.2 Å². The van der Waals surface area contributed by atoms with Crippen LogP contribution in [-0.2, 0) is 15.8 Å². The molecular weight excluding hydrogens is 441 g/mol. The average molecular weight is 457 g/mol.